The zero-order chi connectivity index (χ0) is 12.3. The highest BCUT2D eigenvalue weighted by atomic mass is 16.5. The van der Waals surface area contributed by atoms with Crippen molar-refractivity contribution in [2.24, 2.45) is 0 Å². The molecule has 1 N–H and O–H groups in total. The topological polar surface area (TPSA) is 45.0 Å². The number of aryl methyl sites for hydroxylation is 1. The summed E-state index contributed by atoms with van der Waals surface area (Å²) in [4.78, 5) is 0. The highest BCUT2D eigenvalue weighted by molar-refractivity contribution is 5.28. The van der Waals surface area contributed by atoms with Crippen LogP contribution in [-0.2, 0) is 0 Å². The van der Waals surface area contributed by atoms with E-state index in [0.29, 0.717) is 0 Å². The molecule has 1 fully saturated rings. The van der Waals surface area contributed by atoms with Crippen LogP contribution < -0.4 is 10.1 Å². The van der Waals surface area contributed by atoms with E-state index in [1.54, 1.807) is 0 Å². The molecule has 0 spiro atoms. The van der Waals surface area contributed by atoms with Gasteiger partial charge in [0.15, 0.2) is 0 Å². The van der Waals surface area contributed by atoms with Crippen molar-refractivity contribution in [2.75, 3.05) is 7.05 Å². The van der Waals surface area contributed by atoms with Gasteiger partial charge in [-0.05, 0) is 44.5 Å². The van der Waals surface area contributed by atoms with Crippen molar-refractivity contribution in [1.29, 1.82) is 5.26 Å². The molecular weight excluding hydrogens is 212 g/mol. The molecule has 0 aromatic heterocycles. The third kappa shape index (κ3) is 2.59. The molecule has 1 aliphatic carbocycles. The zero-order valence-electron chi connectivity index (χ0n) is 10.4. The van der Waals surface area contributed by atoms with Crippen molar-refractivity contribution < 1.29 is 4.74 Å². The Hall–Kier alpha value is -1.53. The molecule has 2 rings (SSSR count). The van der Waals surface area contributed by atoms with E-state index in [0.717, 1.165) is 25.0 Å². The lowest BCUT2D eigenvalue weighted by molar-refractivity contribution is 0.202. The second-order valence-corrected chi connectivity index (χ2v) is 4.74. The maximum Gasteiger partial charge on any atom is 0.119 e. The lowest BCUT2D eigenvalue weighted by Crippen LogP contribution is -2.39. The van der Waals surface area contributed by atoms with Gasteiger partial charge in [0, 0.05) is 6.42 Å². The van der Waals surface area contributed by atoms with Crippen molar-refractivity contribution in [3.63, 3.8) is 0 Å². The molecule has 3 heteroatoms. The summed E-state index contributed by atoms with van der Waals surface area (Å²) >= 11 is 0. The van der Waals surface area contributed by atoms with Gasteiger partial charge in [0.1, 0.15) is 17.4 Å². The van der Waals surface area contributed by atoms with Crippen LogP contribution in [0.5, 0.6) is 5.75 Å². The molecule has 2 unspecified atom stereocenters. The van der Waals surface area contributed by atoms with Crippen LogP contribution in [0.1, 0.15) is 24.8 Å². The molecule has 0 aliphatic heterocycles. The Bertz CT molecular complexity index is 438. The smallest absolute Gasteiger partial charge is 0.119 e. The standard InChI is InChI=1S/C14H18N2O/c1-11-4-3-5-12(8-11)17-13-6-7-14(9-13,10-15)16-2/h3-5,8,13,16H,6-7,9H2,1-2H3. The third-order valence-electron chi connectivity index (χ3n) is 3.45. The molecule has 1 saturated carbocycles. The van der Waals surface area contributed by atoms with E-state index in [4.69, 9.17) is 4.74 Å². The van der Waals surface area contributed by atoms with E-state index in [9.17, 15) is 5.26 Å². The molecule has 0 saturated heterocycles. The first kappa shape index (κ1) is 11.9. The van der Waals surface area contributed by atoms with Crippen LogP contribution >= 0.6 is 0 Å². The summed E-state index contributed by atoms with van der Waals surface area (Å²) in [5.74, 6) is 0.903. The average Bonchev–Trinajstić information content (AvgIpc) is 2.73. The minimum atomic E-state index is -0.394. The Balaban J connectivity index is 2.01. The van der Waals surface area contributed by atoms with E-state index < -0.39 is 5.54 Å². The minimum absolute atomic E-state index is 0.142. The van der Waals surface area contributed by atoms with Crippen LogP contribution in [0.4, 0.5) is 0 Å². The van der Waals surface area contributed by atoms with Gasteiger partial charge in [0.25, 0.3) is 0 Å². The predicted molar refractivity (Wildman–Crippen MR) is 66.8 cm³/mol. The van der Waals surface area contributed by atoms with E-state index in [1.807, 2.05) is 25.2 Å². The Labute approximate surface area is 102 Å². The Morgan fingerprint density at radius 1 is 1.53 bits per heavy atom. The number of nitrogens with one attached hydrogen (secondary N) is 1. The largest absolute Gasteiger partial charge is 0.490 e. The number of nitrogens with zero attached hydrogens (tertiary/aromatic N) is 1. The van der Waals surface area contributed by atoms with Gasteiger partial charge in [-0.25, -0.2) is 0 Å². The van der Waals surface area contributed by atoms with Gasteiger partial charge in [-0.3, -0.25) is 0 Å². The molecule has 90 valence electrons. The quantitative estimate of drug-likeness (QED) is 0.867. The second-order valence-electron chi connectivity index (χ2n) is 4.74. The summed E-state index contributed by atoms with van der Waals surface area (Å²) in [7, 11) is 1.85. The van der Waals surface area contributed by atoms with E-state index in [1.165, 1.54) is 5.56 Å². The lowest BCUT2D eigenvalue weighted by atomic mass is 10.0. The van der Waals surface area contributed by atoms with E-state index in [2.05, 4.69) is 24.4 Å². The van der Waals surface area contributed by atoms with Gasteiger partial charge in [-0.15, -0.1) is 0 Å². The monoisotopic (exact) mass is 230 g/mol. The zero-order valence-corrected chi connectivity index (χ0v) is 10.4. The number of hydrogen-bond acceptors (Lipinski definition) is 3. The van der Waals surface area contributed by atoms with Crippen LogP contribution in [0.25, 0.3) is 0 Å². The fraction of sp³-hybridized carbons (Fsp3) is 0.500. The molecule has 3 nitrogen and oxygen atoms in total. The number of hydrogen-bond donors (Lipinski definition) is 1. The number of nitriles is 1. The maximum atomic E-state index is 9.18. The van der Waals surface area contributed by atoms with E-state index in [-0.39, 0.29) is 6.10 Å². The first-order valence-electron chi connectivity index (χ1n) is 6.01. The molecular formula is C14H18N2O. The van der Waals surface area contributed by atoms with Crippen LogP contribution in [0.2, 0.25) is 0 Å². The van der Waals surface area contributed by atoms with Gasteiger partial charge in [0.05, 0.1) is 6.07 Å². The number of benzene rings is 1. The first-order chi connectivity index (χ1) is 8.17. The molecule has 0 radical (unpaired) electrons. The van der Waals surface area contributed by atoms with Crippen LogP contribution in [-0.4, -0.2) is 18.7 Å². The molecule has 2 atom stereocenters. The van der Waals surface area contributed by atoms with Gasteiger partial charge in [0.2, 0.25) is 0 Å². The fourth-order valence-corrected chi connectivity index (χ4v) is 2.37. The van der Waals surface area contributed by atoms with Crippen LogP contribution in [0, 0.1) is 18.3 Å². The third-order valence-corrected chi connectivity index (χ3v) is 3.45. The van der Waals surface area contributed by atoms with Crippen molar-refractivity contribution in [3.8, 4) is 11.8 Å². The van der Waals surface area contributed by atoms with Crippen molar-refractivity contribution in [3.05, 3.63) is 29.8 Å². The Kier molecular flexibility index (Phi) is 3.35. The molecule has 0 amide bonds. The summed E-state index contributed by atoms with van der Waals surface area (Å²) in [5.41, 5.74) is 0.801. The molecule has 1 aromatic rings. The molecule has 1 aliphatic rings. The number of ether oxygens (including phenoxy) is 1. The highest BCUT2D eigenvalue weighted by Gasteiger charge is 2.39. The predicted octanol–water partition coefficient (Wildman–Crippen LogP) is 2.41. The second kappa shape index (κ2) is 4.77. The SMILES string of the molecule is CNC1(C#N)CCC(Oc2cccc(C)c2)C1. The molecule has 0 heterocycles. The maximum absolute atomic E-state index is 9.18. The molecule has 1 aromatic carbocycles. The summed E-state index contributed by atoms with van der Waals surface area (Å²) < 4.78 is 5.92. The first-order valence-corrected chi connectivity index (χ1v) is 6.01. The number of rotatable bonds is 3. The normalized spacial score (nSPS) is 27.7. The van der Waals surface area contributed by atoms with Gasteiger partial charge < -0.3 is 10.1 Å². The van der Waals surface area contributed by atoms with Crippen LogP contribution in [0.3, 0.4) is 0 Å². The van der Waals surface area contributed by atoms with Crippen molar-refractivity contribution in [2.45, 2.75) is 37.8 Å². The molecule has 0 bridgehead atoms. The average molecular weight is 230 g/mol. The summed E-state index contributed by atoms with van der Waals surface area (Å²) in [6.45, 7) is 2.05. The minimum Gasteiger partial charge on any atom is -0.490 e. The lowest BCUT2D eigenvalue weighted by Gasteiger charge is -2.20. The van der Waals surface area contributed by atoms with Crippen molar-refractivity contribution >= 4 is 0 Å². The van der Waals surface area contributed by atoms with Gasteiger partial charge in [-0.2, -0.15) is 5.26 Å². The Morgan fingerprint density at radius 3 is 2.94 bits per heavy atom. The summed E-state index contributed by atoms with van der Waals surface area (Å²) in [6, 6.07) is 10.4. The summed E-state index contributed by atoms with van der Waals surface area (Å²) in [6.07, 6.45) is 2.69. The van der Waals surface area contributed by atoms with E-state index >= 15 is 0 Å². The summed E-state index contributed by atoms with van der Waals surface area (Å²) in [5, 5.41) is 12.3. The van der Waals surface area contributed by atoms with Crippen LogP contribution in [0.15, 0.2) is 24.3 Å². The molecule has 17 heavy (non-hydrogen) atoms. The van der Waals surface area contributed by atoms with Crippen molar-refractivity contribution in [1.82, 2.24) is 5.32 Å². The highest BCUT2D eigenvalue weighted by Crippen LogP contribution is 2.32. The van der Waals surface area contributed by atoms with Gasteiger partial charge >= 0.3 is 0 Å². The van der Waals surface area contributed by atoms with Gasteiger partial charge in [-0.1, -0.05) is 12.1 Å². The Morgan fingerprint density at radius 2 is 2.35 bits per heavy atom. The fourth-order valence-electron chi connectivity index (χ4n) is 2.37.